The van der Waals surface area contributed by atoms with Crippen LogP contribution >= 0.6 is 0 Å². The molecule has 0 aromatic heterocycles. The quantitative estimate of drug-likeness (QED) is 0.778. The Bertz CT molecular complexity index is 628. The molecule has 0 heterocycles. The van der Waals surface area contributed by atoms with Gasteiger partial charge in [0, 0.05) is 11.8 Å². The number of hydrogen-bond donors (Lipinski definition) is 1. The highest BCUT2D eigenvalue weighted by molar-refractivity contribution is 5.89. The molecule has 104 valence electrons. The molecule has 4 rings (SSSR count). The number of carbonyl (C=O) groups excluding carboxylic acids is 1. The van der Waals surface area contributed by atoms with Gasteiger partial charge in [-0.15, -0.1) is 0 Å². The summed E-state index contributed by atoms with van der Waals surface area (Å²) in [5.41, 5.74) is 3.90. The largest absolute Gasteiger partial charge is 0.508 e. The van der Waals surface area contributed by atoms with Crippen LogP contribution in [-0.4, -0.2) is 10.9 Å². The number of aromatic hydroxyl groups is 1. The SMILES string of the molecule is C[C@]12CC=C3c4ccc(O)cc4CC[C@H]3[C@@H]1CCC2=O. The minimum atomic E-state index is -0.109. The maximum atomic E-state index is 12.2. The van der Waals surface area contributed by atoms with E-state index < -0.39 is 0 Å². The Kier molecular flexibility index (Phi) is 2.42. The molecule has 1 aromatic carbocycles. The van der Waals surface area contributed by atoms with Crippen LogP contribution in [0.2, 0.25) is 0 Å². The van der Waals surface area contributed by atoms with Crippen LogP contribution in [0.4, 0.5) is 0 Å². The molecule has 0 radical (unpaired) electrons. The Labute approximate surface area is 119 Å². The highest BCUT2D eigenvalue weighted by Gasteiger charge is 2.51. The van der Waals surface area contributed by atoms with Crippen LogP contribution in [0.15, 0.2) is 24.3 Å². The third kappa shape index (κ3) is 1.48. The number of aryl methyl sites for hydroxylation is 1. The molecule has 0 bridgehead atoms. The van der Waals surface area contributed by atoms with Crippen LogP contribution in [0.1, 0.15) is 43.7 Å². The van der Waals surface area contributed by atoms with Gasteiger partial charge in [-0.2, -0.15) is 0 Å². The summed E-state index contributed by atoms with van der Waals surface area (Å²) in [6, 6.07) is 5.75. The molecule has 3 aliphatic rings. The second-order valence-electron chi connectivity index (χ2n) is 6.84. The molecule has 3 atom stereocenters. The molecule has 0 saturated heterocycles. The molecule has 3 aliphatic carbocycles. The van der Waals surface area contributed by atoms with Gasteiger partial charge in [-0.3, -0.25) is 4.79 Å². The number of ketones is 1. The summed E-state index contributed by atoms with van der Waals surface area (Å²) in [7, 11) is 0. The zero-order valence-electron chi connectivity index (χ0n) is 11.9. The first kappa shape index (κ1) is 12.2. The van der Waals surface area contributed by atoms with Gasteiger partial charge in [-0.05, 0) is 66.4 Å². The van der Waals surface area contributed by atoms with Crippen molar-refractivity contribution < 1.29 is 9.90 Å². The van der Waals surface area contributed by atoms with E-state index in [1.54, 1.807) is 6.07 Å². The van der Waals surface area contributed by atoms with Gasteiger partial charge in [0.05, 0.1) is 0 Å². The van der Waals surface area contributed by atoms with E-state index in [0.717, 1.165) is 32.1 Å². The number of hydrogen-bond acceptors (Lipinski definition) is 2. The van der Waals surface area contributed by atoms with Gasteiger partial charge >= 0.3 is 0 Å². The van der Waals surface area contributed by atoms with E-state index in [0.29, 0.717) is 23.4 Å². The van der Waals surface area contributed by atoms with Crippen molar-refractivity contribution in [2.45, 2.75) is 39.0 Å². The van der Waals surface area contributed by atoms with Crippen LogP contribution in [0, 0.1) is 17.3 Å². The van der Waals surface area contributed by atoms with Crippen molar-refractivity contribution in [1.29, 1.82) is 0 Å². The Morgan fingerprint density at radius 2 is 2.10 bits per heavy atom. The van der Waals surface area contributed by atoms with E-state index in [2.05, 4.69) is 19.1 Å². The highest BCUT2D eigenvalue weighted by Crippen LogP contribution is 2.56. The fourth-order valence-corrected chi connectivity index (χ4v) is 4.74. The molecular weight excluding hydrogens is 248 g/mol. The lowest BCUT2D eigenvalue weighted by Crippen LogP contribution is -2.38. The Hall–Kier alpha value is -1.57. The van der Waals surface area contributed by atoms with Crippen LogP contribution in [0.25, 0.3) is 5.57 Å². The zero-order valence-corrected chi connectivity index (χ0v) is 11.9. The predicted octanol–water partition coefficient (Wildman–Crippen LogP) is 3.73. The van der Waals surface area contributed by atoms with Gasteiger partial charge in [0.2, 0.25) is 0 Å². The summed E-state index contributed by atoms with van der Waals surface area (Å²) in [5.74, 6) is 1.89. The third-order valence-electron chi connectivity index (χ3n) is 5.89. The average molecular weight is 268 g/mol. The monoisotopic (exact) mass is 268 g/mol. The Balaban J connectivity index is 1.81. The summed E-state index contributed by atoms with van der Waals surface area (Å²) in [4.78, 5) is 12.2. The van der Waals surface area contributed by atoms with Gasteiger partial charge in [-0.25, -0.2) is 0 Å². The highest BCUT2D eigenvalue weighted by atomic mass is 16.3. The Morgan fingerprint density at radius 3 is 2.95 bits per heavy atom. The molecule has 2 nitrogen and oxygen atoms in total. The van der Waals surface area contributed by atoms with Crippen molar-refractivity contribution in [3.05, 3.63) is 35.4 Å². The van der Waals surface area contributed by atoms with E-state index in [4.69, 9.17) is 0 Å². The normalized spacial score (nSPS) is 35.0. The zero-order chi connectivity index (χ0) is 13.9. The average Bonchev–Trinajstić information content (AvgIpc) is 2.74. The predicted molar refractivity (Wildman–Crippen MR) is 78.3 cm³/mol. The number of fused-ring (bicyclic) bond motifs is 5. The summed E-state index contributed by atoms with van der Waals surface area (Å²) in [6.07, 6.45) is 7.16. The minimum absolute atomic E-state index is 0.109. The number of benzene rings is 1. The fourth-order valence-electron chi connectivity index (χ4n) is 4.74. The number of phenols is 1. The Morgan fingerprint density at radius 1 is 1.25 bits per heavy atom. The van der Waals surface area contributed by atoms with Crippen molar-refractivity contribution in [2.75, 3.05) is 0 Å². The van der Waals surface area contributed by atoms with Crippen molar-refractivity contribution >= 4 is 11.4 Å². The standard InChI is InChI=1S/C18H20O2/c1-18-9-8-14-13-5-3-12(19)10-11(13)2-4-15(14)16(18)6-7-17(18)20/h3,5,8,10,15-16,19H,2,4,6-7,9H2,1H3/t15-,16+,18+/m1/s1. The molecule has 1 saturated carbocycles. The summed E-state index contributed by atoms with van der Waals surface area (Å²) in [5, 5.41) is 9.65. The third-order valence-corrected chi connectivity index (χ3v) is 5.89. The summed E-state index contributed by atoms with van der Waals surface area (Å²) in [6.45, 7) is 2.17. The topological polar surface area (TPSA) is 37.3 Å². The van der Waals surface area contributed by atoms with E-state index in [1.807, 2.05) is 6.07 Å². The molecular formula is C18H20O2. The van der Waals surface area contributed by atoms with Gasteiger partial charge in [-0.1, -0.05) is 19.1 Å². The van der Waals surface area contributed by atoms with Crippen molar-refractivity contribution in [1.82, 2.24) is 0 Å². The summed E-state index contributed by atoms with van der Waals surface area (Å²) >= 11 is 0. The first-order valence-electron chi connectivity index (χ1n) is 7.65. The minimum Gasteiger partial charge on any atom is -0.508 e. The molecule has 1 N–H and O–H groups in total. The van der Waals surface area contributed by atoms with Crippen molar-refractivity contribution in [3.8, 4) is 5.75 Å². The first-order valence-corrected chi connectivity index (χ1v) is 7.65. The smallest absolute Gasteiger partial charge is 0.139 e. The molecule has 0 unspecified atom stereocenters. The molecule has 20 heavy (non-hydrogen) atoms. The van der Waals surface area contributed by atoms with Crippen LogP contribution in [0.5, 0.6) is 5.75 Å². The van der Waals surface area contributed by atoms with Gasteiger partial charge < -0.3 is 5.11 Å². The van der Waals surface area contributed by atoms with Crippen LogP contribution in [0.3, 0.4) is 0 Å². The maximum absolute atomic E-state index is 12.2. The molecule has 2 heteroatoms. The van der Waals surface area contributed by atoms with Gasteiger partial charge in [0.25, 0.3) is 0 Å². The second kappa shape index (κ2) is 3.97. The lowest BCUT2D eigenvalue weighted by Gasteiger charge is -2.43. The molecule has 1 aromatic rings. The fraction of sp³-hybridized carbons (Fsp3) is 0.500. The van der Waals surface area contributed by atoms with Crippen LogP contribution in [-0.2, 0) is 11.2 Å². The number of phenolic OH excluding ortho intramolecular Hbond substituents is 1. The summed E-state index contributed by atoms with van der Waals surface area (Å²) < 4.78 is 0. The second-order valence-corrected chi connectivity index (χ2v) is 6.84. The van der Waals surface area contributed by atoms with Gasteiger partial charge in [0.15, 0.2) is 0 Å². The van der Waals surface area contributed by atoms with E-state index in [9.17, 15) is 9.90 Å². The molecule has 1 fully saturated rings. The number of carbonyl (C=O) groups is 1. The molecule has 0 aliphatic heterocycles. The molecule has 0 amide bonds. The molecule has 0 spiro atoms. The lowest BCUT2D eigenvalue weighted by molar-refractivity contribution is -0.126. The van der Waals surface area contributed by atoms with Crippen LogP contribution < -0.4 is 0 Å². The number of rotatable bonds is 0. The number of allylic oxidation sites excluding steroid dienone is 2. The van der Waals surface area contributed by atoms with E-state index in [1.165, 1.54) is 16.7 Å². The first-order chi connectivity index (χ1) is 9.59. The van der Waals surface area contributed by atoms with E-state index in [-0.39, 0.29) is 5.41 Å². The van der Waals surface area contributed by atoms with E-state index >= 15 is 0 Å². The lowest BCUT2D eigenvalue weighted by atomic mass is 9.60. The maximum Gasteiger partial charge on any atom is 0.139 e. The van der Waals surface area contributed by atoms with Crippen molar-refractivity contribution in [2.24, 2.45) is 17.3 Å². The van der Waals surface area contributed by atoms with Gasteiger partial charge in [0.1, 0.15) is 11.5 Å². The number of Topliss-reactive ketones (excluding diaryl/α,β-unsaturated/α-hetero) is 1. The van der Waals surface area contributed by atoms with Crippen molar-refractivity contribution in [3.63, 3.8) is 0 Å².